The molecule has 23 heavy (non-hydrogen) atoms. The van der Waals surface area contributed by atoms with Gasteiger partial charge >= 0.3 is 0 Å². The smallest absolute Gasteiger partial charge is 0.0976 e. The van der Waals surface area contributed by atoms with E-state index in [1.807, 2.05) is 6.20 Å². The van der Waals surface area contributed by atoms with Crippen molar-refractivity contribution in [3.8, 4) is 0 Å². The van der Waals surface area contributed by atoms with Gasteiger partial charge in [-0.15, -0.1) is 0 Å². The number of fused-ring (bicyclic) bond motifs is 1. The third kappa shape index (κ3) is 3.36. The van der Waals surface area contributed by atoms with Gasteiger partial charge in [0.05, 0.1) is 12.4 Å². The lowest BCUT2D eigenvalue weighted by atomic mass is 9.87. The Bertz CT molecular complexity index is 641. The fraction of sp³-hybridized carbons (Fsp3) is 0.429. The maximum Gasteiger partial charge on any atom is 0.0976 e. The first-order valence-corrected chi connectivity index (χ1v) is 8.67. The molecule has 122 valence electrons. The largest absolute Gasteiger partial charge is 0.498 e. The molecule has 0 saturated heterocycles. The molecule has 0 amide bonds. The van der Waals surface area contributed by atoms with Crippen LogP contribution in [0.3, 0.4) is 0 Å². The van der Waals surface area contributed by atoms with Crippen LogP contribution in [-0.4, -0.2) is 17.5 Å². The van der Waals surface area contributed by atoms with Crippen molar-refractivity contribution in [3.63, 3.8) is 0 Å². The predicted molar refractivity (Wildman–Crippen MR) is 95.9 cm³/mol. The first-order valence-electron chi connectivity index (χ1n) is 8.67. The Labute approximate surface area is 140 Å². The van der Waals surface area contributed by atoms with Crippen molar-refractivity contribution in [3.05, 3.63) is 71.3 Å². The summed E-state index contributed by atoms with van der Waals surface area (Å²) in [6, 6.07) is 9.35. The number of rotatable bonds is 3. The molecule has 1 aromatic rings. The van der Waals surface area contributed by atoms with Gasteiger partial charge in [-0.05, 0) is 62.1 Å². The van der Waals surface area contributed by atoms with E-state index in [9.17, 15) is 0 Å². The second-order valence-corrected chi connectivity index (χ2v) is 6.51. The van der Waals surface area contributed by atoms with Crippen molar-refractivity contribution in [1.29, 1.82) is 0 Å². The summed E-state index contributed by atoms with van der Waals surface area (Å²) in [6.07, 6.45) is 9.44. The number of allylic oxidation sites excluding steroid dienone is 1. The van der Waals surface area contributed by atoms with Crippen molar-refractivity contribution >= 4 is 0 Å². The minimum absolute atomic E-state index is 0.503. The third-order valence-electron chi connectivity index (χ3n) is 5.14. The van der Waals surface area contributed by atoms with Crippen LogP contribution >= 0.6 is 0 Å². The van der Waals surface area contributed by atoms with Crippen LogP contribution in [0.1, 0.15) is 44.2 Å². The van der Waals surface area contributed by atoms with Crippen molar-refractivity contribution < 1.29 is 4.74 Å². The second-order valence-electron chi connectivity index (χ2n) is 6.51. The van der Waals surface area contributed by atoms with Gasteiger partial charge in [-0.3, -0.25) is 0 Å². The molecule has 1 heterocycles. The van der Waals surface area contributed by atoms with E-state index in [0.29, 0.717) is 6.04 Å². The summed E-state index contributed by atoms with van der Waals surface area (Å²) in [4.78, 5) is 2.42. The highest BCUT2D eigenvalue weighted by atomic mass is 16.5. The lowest BCUT2D eigenvalue weighted by Gasteiger charge is -2.36. The van der Waals surface area contributed by atoms with Gasteiger partial charge in [-0.25, -0.2) is 0 Å². The standard InChI is InChI=1S/C21H27NO/c1-4-20-15-21(16(3)12-13-23-20)22(5-2)19-11-10-17-8-6-7-9-18(17)14-19/h4-9,19H,2,10-15H2,1,3H3/b20-4+. The van der Waals surface area contributed by atoms with Gasteiger partial charge in [0.25, 0.3) is 0 Å². The van der Waals surface area contributed by atoms with Crippen molar-refractivity contribution in [2.45, 2.75) is 52.0 Å². The third-order valence-corrected chi connectivity index (χ3v) is 5.14. The second kappa shape index (κ2) is 7.08. The Balaban J connectivity index is 1.86. The van der Waals surface area contributed by atoms with E-state index in [4.69, 9.17) is 4.74 Å². The molecular formula is C21H27NO. The topological polar surface area (TPSA) is 12.5 Å². The Hall–Kier alpha value is -1.96. The molecule has 0 bridgehead atoms. The monoisotopic (exact) mass is 309 g/mol. The molecule has 0 aromatic heterocycles. The lowest BCUT2D eigenvalue weighted by molar-refractivity contribution is 0.211. The van der Waals surface area contributed by atoms with Crippen LogP contribution in [0, 0.1) is 0 Å². The van der Waals surface area contributed by atoms with Crippen LogP contribution in [0.25, 0.3) is 0 Å². The summed E-state index contributed by atoms with van der Waals surface area (Å²) in [5.41, 5.74) is 5.82. The van der Waals surface area contributed by atoms with Crippen molar-refractivity contribution in [2.24, 2.45) is 0 Å². The molecule has 2 aliphatic rings. The van der Waals surface area contributed by atoms with Gasteiger partial charge in [-0.1, -0.05) is 30.8 Å². The fourth-order valence-electron chi connectivity index (χ4n) is 3.74. The van der Waals surface area contributed by atoms with Crippen LogP contribution in [-0.2, 0) is 17.6 Å². The first-order chi connectivity index (χ1) is 11.2. The molecule has 2 heteroatoms. The van der Waals surface area contributed by atoms with Gasteiger partial charge in [0, 0.05) is 24.6 Å². The molecular weight excluding hydrogens is 282 g/mol. The zero-order chi connectivity index (χ0) is 16.2. The van der Waals surface area contributed by atoms with Crippen LogP contribution in [0.4, 0.5) is 0 Å². The molecule has 1 aliphatic carbocycles. The fourth-order valence-corrected chi connectivity index (χ4v) is 3.74. The quantitative estimate of drug-likeness (QED) is 0.781. The molecule has 1 aromatic carbocycles. The maximum atomic E-state index is 5.85. The molecule has 1 atom stereocenters. The lowest BCUT2D eigenvalue weighted by Crippen LogP contribution is -2.35. The zero-order valence-electron chi connectivity index (χ0n) is 14.3. The highest BCUT2D eigenvalue weighted by Crippen LogP contribution is 2.32. The highest BCUT2D eigenvalue weighted by molar-refractivity contribution is 5.32. The van der Waals surface area contributed by atoms with Crippen LogP contribution in [0.2, 0.25) is 0 Å². The number of hydrogen-bond donors (Lipinski definition) is 0. The molecule has 0 radical (unpaired) electrons. The summed E-state index contributed by atoms with van der Waals surface area (Å²) < 4.78 is 5.85. The summed E-state index contributed by atoms with van der Waals surface area (Å²) in [7, 11) is 0. The van der Waals surface area contributed by atoms with E-state index in [0.717, 1.165) is 38.0 Å². The van der Waals surface area contributed by atoms with E-state index >= 15 is 0 Å². The Morgan fingerprint density at radius 1 is 1.22 bits per heavy atom. The summed E-state index contributed by atoms with van der Waals surface area (Å²) in [5, 5.41) is 0. The van der Waals surface area contributed by atoms with Crippen molar-refractivity contribution in [1.82, 2.24) is 4.90 Å². The van der Waals surface area contributed by atoms with Crippen LogP contribution in [0.5, 0.6) is 0 Å². The summed E-state index contributed by atoms with van der Waals surface area (Å²) >= 11 is 0. The van der Waals surface area contributed by atoms with E-state index in [1.165, 1.54) is 28.8 Å². The Morgan fingerprint density at radius 2 is 2.00 bits per heavy atom. The molecule has 0 fully saturated rings. The minimum atomic E-state index is 0.503. The minimum Gasteiger partial charge on any atom is -0.498 e. The Kier molecular flexibility index (Phi) is 4.90. The first kappa shape index (κ1) is 15.9. The number of hydrogen-bond acceptors (Lipinski definition) is 2. The molecule has 1 unspecified atom stereocenters. The van der Waals surface area contributed by atoms with E-state index < -0.39 is 0 Å². The average Bonchev–Trinajstić information content (AvgIpc) is 2.77. The van der Waals surface area contributed by atoms with E-state index in [-0.39, 0.29) is 0 Å². The molecule has 3 rings (SSSR count). The molecule has 0 N–H and O–H groups in total. The molecule has 1 aliphatic heterocycles. The van der Waals surface area contributed by atoms with Gasteiger partial charge in [-0.2, -0.15) is 0 Å². The zero-order valence-corrected chi connectivity index (χ0v) is 14.3. The number of benzene rings is 1. The maximum absolute atomic E-state index is 5.85. The van der Waals surface area contributed by atoms with Gasteiger partial charge < -0.3 is 9.64 Å². The van der Waals surface area contributed by atoms with Gasteiger partial charge in [0.1, 0.15) is 0 Å². The molecule has 2 nitrogen and oxygen atoms in total. The van der Waals surface area contributed by atoms with Crippen molar-refractivity contribution in [2.75, 3.05) is 6.61 Å². The Morgan fingerprint density at radius 3 is 2.74 bits per heavy atom. The summed E-state index contributed by atoms with van der Waals surface area (Å²) in [5.74, 6) is 1.08. The average molecular weight is 309 g/mol. The van der Waals surface area contributed by atoms with Crippen LogP contribution < -0.4 is 0 Å². The number of nitrogens with zero attached hydrogens (tertiary/aromatic N) is 1. The summed E-state index contributed by atoms with van der Waals surface area (Å²) in [6.45, 7) is 9.20. The van der Waals surface area contributed by atoms with Gasteiger partial charge in [0.2, 0.25) is 0 Å². The van der Waals surface area contributed by atoms with Gasteiger partial charge in [0.15, 0.2) is 0 Å². The molecule has 0 spiro atoms. The van der Waals surface area contributed by atoms with E-state index in [1.54, 1.807) is 0 Å². The highest BCUT2D eigenvalue weighted by Gasteiger charge is 2.26. The molecule has 0 saturated carbocycles. The van der Waals surface area contributed by atoms with Crippen LogP contribution in [0.15, 0.2) is 60.1 Å². The number of ether oxygens (including phenoxy) is 1. The SMILES string of the molecule is C=CN(C1=C(C)CCO/C(=C/C)C1)C1CCc2ccccc2C1. The normalized spacial score (nSPS) is 23.0. The predicted octanol–water partition coefficient (Wildman–Crippen LogP) is 4.98. The number of aryl methyl sites for hydroxylation is 1. The van der Waals surface area contributed by atoms with E-state index in [2.05, 4.69) is 55.7 Å².